The molecule has 1 aromatic carbocycles. The highest BCUT2D eigenvalue weighted by atomic mass is 79.9. The van der Waals surface area contributed by atoms with Gasteiger partial charge in [-0.1, -0.05) is 17.7 Å². The van der Waals surface area contributed by atoms with E-state index in [0.29, 0.717) is 6.54 Å². The van der Waals surface area contributed by atoms with Gasteiger partial charge in [0, 0.05) is 12.2 Å². The largest absolute Gasteiger partial charge is 0.466 e. The lowest BCUT2D eigenvalue weighted by molar-refractivity contribution is 0.479. The maximum absolute atomic E-state index is 5.77. The summed E-state index contributed by atoms with van der Waals surface area (Å²) in [5, 5.41) is 3.35. The van der Waals surface area contributed by atoms with E-state index in [0.717, 1.165) is 15.9 Å². The molecular formula is C13H15BrN2O. The molecule has 0 bridgehead atoms. The minimum absolute atomic E-state index is 0.0259. The summed E-state index contributed by atoms with van der Waals surface area (Å²) in [5.74, 6) is 0.827. The van der Waals surface area contributed by atoms with Crippen molar-refractivity contribution in [1.82, 2.24) is 0 Å². The molecule has 2 aromatic rings. The van der Waals surface area contributed by atoms with Gasteiger partial charge in [-0.15, -0.1) is 0 Å². The molecule has 0 aliphatic heterocycles. The van der Waals surface area contributed by atoms with Crippen molar-refractivity contribution in [1.29, 1.82) is 0 Å². The van der Waals surface area contributed by atoms with Gasteiger partial charge < -0.3 is 15.5 Å². The van der Waals surface area contributed by atoms with Gasteiger partial charge >= 0.3 is 0 Å². The molecule has 0 aliphatic carbocycles. The summed E-state index contributed by atoms with van der Waals surface area (Å²) < 4.78 is 6.36. The number of nitrogens with two attached hydrogens (primary N) is 1. The van der Waals surface area contributed by atoms with Crippen LogP contribution in [0.1, 0.15) is 17.4 Å². The zero-order valence-electron chi connectivity index (χ0n) is 9.61. The van der Waals surface area contributed by atoms with E-state index in [9.17, 15) is 0 Å². The standard InChI is InChI=1S/C13H15BrN2O/c1-9-2-4-10(5-3-9)16-12(8-15)13-11(14)6-7-17-13/h2-7,12,16H,8,15H2,1H3. The Bertz CT molecular complexity index is 478. The molecule has 3 nitrogen and oxygen atoms in total. The zero-order valence-corrected chi connectivity index (χ0v) is 11.2. The fourth-order valence-corrected chi connectivity index (χ4v) is 2.11. The number of hydrogen-bond acceptors (Lipinski definition) is 3. The summed E-state index contributed by atoms with van der Waals surface area (Å²) >= 11 is 3.44. The van der Waals surface area contributed by atoms with Crippen LogP contribution in [0.15, 0.2) is 45.5 Å². The van der Waals surface area contributed by atoms with E-state index in [2.05, 4.69) is 40.3 Å². The number of hydrogen-bond donors (Lipinski definition) is 2. The fourth-order valence-electron chi connectivity index (χ4n) is 1.64. The zero-order chi connectivity index (χ0) is 12.3. The topological polar surface area (TPSA) is 51.2 Å². The van der Waals surface area contributed by atoms with Gasteiger partial charge in [-0.3, -0.25) is 0 Å². The van der Waals surface area contributed by atoms with Gasteiger partial charge in [0.2, 0.25) is 0 Å². The second kappa shape index (κ2) is 5.38. The number of rotatable bonds is 4. The molecule has 90 valence electrons. The molecule has 0 radical (unpaired) electrons. The minimum atomic E-state index is -0.0259. The van der Waals surface area contributed by atoms with Crippen molar-refractivity contribution in [2.24, 2.45) is 5.73 Å². The van der Waals surface area contributed by atoms with Gasteiger partial charge in [0.05, 0.1) is 16.8 Å². The lowest BCUT2D eigenvalue weighted by Crippen LogP contribution is -2.20. The SMILES string of the molecule is Cc1ccc(NC(CN)c2occc2Br)cc1. The Morgan fingerprint density at radius 3 is 2.53 bits per heavy atom. The Hall–Kier alpha value is -1.26. The molecule has 1 aromatic heterocycles. The second-order valence-corrected chi connectivity index (χ2v) is 4.79. The summed E-state index contributed by atoms with van der Waals surface area (Å²) in [6, 6.07) is 10.0. The summed E-state index contributed by atoms with van der Waals surface area (Å²) in [5.41, 5.74) is 8.04. The highest BCUT2D eigenvalue weighted by molar-refractivity contribution is 9.10. The molecule has 1 unspecified atom stereocenters. The average molecular weight is 295 g/mol. The van der Waals surface area contributed by atoms with E-state index in [-0.39, 0.29) is 6.04 Å². The van der Waals surface area contributed by atoms with Crippen molar-refractivity contribution >= 4 is 21.6 Å². The molecule has 0 fully saturated rings. The molecule has 0 saturated carbocycles. The fraction of sp³-hybridized carbons (Fsp3) is 0.231. The predicted molar refractivity (Wildman–Crippen MR) is 73.0 cm³/mol. The van der Waals surface area contributed by atoms with E-state index in [1.54, 1.807) is 6.26 Å². The van der Waals surface area contributed by atoms with Crippen LogP contribution in [0, 0.1) is 6.92 Å². The summed E-state index contributed by atoms with van der Waals surface area (Å²) in [4.78, 5) is 0. The molecule has 4 heteroatoms. The second-order valence-electron chi connectivity index (χ2n) is 3.93. The Morgan fingerprint density at radius 1 is 1.29 bits per heavy atom. The Kier molecular flexibility index (Phi) is 3.86. The molecule has 17 heavy (non-hydrogen) atoms. The van der Waals surface area contributed by atoms with Crippen molar-refractivity contribution in [2.45, 2.75) is 13.0 Å². The van der Waals surface area contributed by atoms with Gasteiger partial charge in [0.15, 0.2) is 0 Å². The third kappa shape index (κ3) is 2.90. The lowest BCUT2D eigenvalue weighted by Gasteiger charge is -2.16. The van der Waals surface area contributed by atoms with Crippen LogP contribution in [0.25, 0.3) is 0 Å². The number of anilines is 1. The van der Waals surface area contributed by atoms with Crippen LogP contribution < -0.4 is 11.1 Å². The molecule has 1 atom stereocenters. The first-order valence-electron chi connectivity index (χ1n) is 5.47. The first-order chi connectivity index (χ1) is 8.20. The van der Waals surface area contributed by atoms with Crippen LogP contribution in [0.4, 0.5) is 5.69 Å². The van der Waals surface area contributed by atoms with Crippen molar-refractivity contribution in [2.75, 3.05) is 11.9 Å². The molecule has 0 saturated heterocycles. The average Bonchev–Trinajstić information content (AvgIpc) is 2.75. The quantitative estimate of drug-likeness (QED) is 0.908. The molecule has 3 N–H and O–H groups in total. The van der Waals surface area contributed by atoms with Gasteiger partial charge in [-0.25, -0.2) is 0 Å². The van der Waals surface area contributed by atoms with E-state index in [1.807, 2.05) is 18.2 Å². The van der Waals surface area contributed by atoms with Crippen molar-refractivity contribution in [3.63, 3.8) is 0 Å². The van der Waals surface area contributed by atoms with Crippen molar-refractivity contribution < 1.29 is 4.42 Å². The first-order valence-corrected chi connectivity index (χ1v) is 6.26. The Morgan fingerprint density at radius 2 is 2.00 bits per heavy atom. The lowest BCUT2D eigenvalue weighted by atomic mass is 10.2. The highest BCUT2D eigenvalue weighted by Crippen LogP contribution is 2.26. The van der Waals surface area contributed by atoms with Crippen LogP contribution in [0.2, 0.25) is 0 Å². The highest BCUT2D eigenvalue weighted by Gasteiger charge is 2.15. The van der Waals surface area contributed by atoms with Gasteiger partial charge in [-0.2, -0.15) is 0 Å². The van der Waals surface area contributed by atoms with E-state index < -0.39 is 0 Å². The van der Waals surface area contributed by atoms with Crippen LogP contribution in [-0.4, -0.2) is 6.54 Å². The van der Waals surface area contributed by atoms with Crippen LogP contribution in [-0.2, 0) is 0 Å². The van der Waals surface area contributed by atoms with Gasteiger partial charge in [0.1, 0.15) is 5.76 Å². The van der Waals surface area contributed by atoms with E-state index in [1.165, 1.54) is 5.56 Å². The molecule has 2 rings (SSSR count). The number of aryl methyl sites for hydroxylation is 1. The predicted octanol–water partition coefficient (Wildman–Crippen LogP) is 3.46. The molecule has 0 spiro atoms. The third-order valence-corrected chi connectivity index (χ3v) is 3.24. The van der Waals surface area contributed by atoms with Gasteiger partial charge in [0.25, 0.3) is 0 Å². The van der Waals surface area contributed by atoms with Crippen molar-refractivity contribution in [3.8, 4) is 0 Å². The van der Waals surface area contributed by atoms with E-state index in [4.69, 9.17) is 10.2 Å². The minimum Gasteiger partial charge on any atom is -0.466 e. The first kappa shape index (κ1) is 12.2. The molecule has 1 heterocycles. The number of halogens is 1. The molecule has 0 amide bonds. The van der Waals surface area contributed by atoms with Crippen LogP contribution in [0.3, 0.4) is 0 Å². The number of benzene rings is 1. The summed E-state index contributed by atoms with van der Waals surface area (Å²) in [7, 11) is 0. The molecule has 0 aliphatic rings. The smallest absolute Gasteiger partial charge is 0.141 e. The van der Waals surface area contributed by atoms with Crippen LogP contribution >= 0.6 is 15.9 Å². The van der Waals surface area contributed by atoms with Crippen LogP contribution in [0.5, 0.6) is 0 Å². The monoisotopic (exact) mass is 294 g/mol. The van der Waals surface area contributed by atoms with Gasteiger partial charge in [-0.05, 0) is 41.1 Å². The third-order valence-electron chi connectivity index (χ3n) is 2.59. The Balaban J connectivity index is 2.16. The maximum atomic E-state index is 5.77. The maximum Gasteiger partial charge on any atom is 0.141 e. The van der Waals surface area contributed by atoms with E-state index >= 15 is 0 Å². The van der Waals surface area contributed by atoms with Crippen molar-refractivity contribution in [3.05, 3.63) is 52.4 Å². The summed E-state index contributed by atoms with van der Waals surface area (Å²) in [6.45, 7) is 2.54. The number of nitrogens with one attached hydrogen (secondary N) is 1. The molecular weight excluding hydrogens is 280 g/mol. The Labute approximate surface area is 109 Å². The summed E-state index contributed by atoms with van der Waals surface area (Å²) in [6.07, 6.45) is 1.65. The number of furan rings is 1. The normalized spacial score (nSPS) is 12.4.